The summed E-state index contributed by atoms with van der Waals surface area (Å²) in [6, 6.07) is 5.19. The first-order valence-electron chi connectivity index (χ1n) is 6.23. The molecule has 19 heavy (non-hydrogen) atoms. The highest BCUT2D eigenvalue weighted by atomic mass is 16.5. The molecule has 2 rings (SSSR count). The van der Waals surface area contributed by atoms with Gasteiger partial charge in [-0.05, 0) is 12.1 Å². The van der Waals surface area contributed by atoms with Crippen molar-refractivity contribution in [2.24, 2.45) is 0 Å². The fourth-order valence-corrected chi connectivity index (χ4v) is 1.97. The van der Waals surface area contributed by atoms with E-state index in [1.54, 1.807) is 37.3 Å². The zero-order valence-electron chi connectivity index (χ0n) is 11.2. The predicted molar refractivity (Wildman–Crippen MR) is 73.0 cm³/mol. The van der Waals surface area contributed by atoms with Crippen LogP contribution in [0.3, 0.4) is 0 Å². The summed E-state index contributed by atoms with van der Waals surface area (Å²) in [6.07, 6.45) is 0. The van der Waals surface area contributed by atoms with Crippen LogP contribution in [0.4, 0.5) is 10.5 Å². The number of hydrogen-bond donors (Lipinski definition) is 2. The van der Waals surface area contributed by atoms with Crippen molar-refractivity contribution in [2.45, 2.75) is 0 Å². The van der Waals surface area contributed by atoms with Crippen molar-refractivity contribution in [1.29, 1.82) is 0 Å². The monoisotopic (exact) mass is 265 g/mol. The van der Waals surface area contributed by atoms with E-state index in [-0.39, 0.29) is 6.03 Å². The van der Waals surface area contributed by atoms with Gasteiger partial charge in [0.15, 0.2) is 0 Å². The minimum atomic E-state index is -0.118. The Morgan fingerprint density at radius 3 is 2.63 bits per heavy atom. The van der Waals surface area contributed by atoms with E-state index in [2.05, 4.69) is 10.6 Å². The number of piperazine rings is 1. The van der Waals surface area contributed by atoms with E-state index in [9.17, 15) is 4.79 Å². The number of rotatable bonds is 3. The Balaban J connectivity index is 2.10. The SMILES string of the molecule is COc1ccc(OC)c(NC(=O)N2CCNCC2)c1. The second-order valence-electron chi connectivity index (χ2n) is 4.23. The first kappa shape index (κ1) is 13.5. The molecule has 1 fully saturated rings. The normalized spacial score (nSPS) is 14.9. The number of nitrogens with zero attached hydrogens (tertiary/aromatic N) is 1. The Hall–Kier alpha value is -1.95. The number of carbonyl (C=O) groups excluding carboxylic acids is 1. The molecule has 0 saturated carbocycles. The topological polar surface area (TPSA) is 62.8 Å². The number of benzene rings is 1. The molecule has 0 aromatic heterocycles. The van der Waals surface area contributed by atoms with Gasteiger partial charge in [-0.3, -0.25) is 0 Å². The third kappa shape index (κ3) is 3.29. The van der Waals surface area contributed by atoms with Crippen LogP contribution in [-0.2, 0) is 0 Å². The third-order valence-corrected chi connectivity index (χ3v) is 3.05. The van der Waals surface area contributed by atoms with Crippen molar-refractivity contribution in [3.8, 4) is 11.5 Å². The van der Waals surface area contributed by atoms with Crippen molar-refractivity contribution < 1.29 is 14.3 Å². The standard InChI is InChI=1S/C13H19N3O3/c1-18-10-3-4-12(19-2)11(9-10)15-13(17)16-7-5-14-6-8-16/h3-4,9,14H,5-8H2,1-2H3,(H,15,17). The van der Waals surface area contributed by atoms with Gasteiger partial charge >= 0.3 is 6.03 Å². The van der Waals surface area contributed by atoms with Gasteiger partial charge in [-0.1, -0.05) is 0 Å². The maximum atomic E-state index is 12.1. The number of nitrogens with one attached hydrogen (secondary N) is 2. The van der Waals surface area contributed by atoms with Gasteiger partial charge in [0.2, 0.25) is 0 Å². The minimum Gasteiger partial charge on any atom is -0.497 e. The molecule has 2 N–H and O–H groups in total. The maximum Gasteiger partial charge on any atom is 0.322 e. The van der Waals surface area contributed by atoms with Gasteiger partial charge in [-0.15, -0.1) is 0 Å². The highest BCUT2D eigenvalue weighted by molar-refractivity contribution is 5.91. The summed E-state index contributed by atoms with van der Waals surface area (Å²) in [6.45, 7) is 3.06. The molecule has 1 aliphatic rings. The van der Waals surface area contributed by atoms with Crippen LogP contribution in [0.15, 0.2) is 18.2 Å². The van der Waals surface area contributed by atoms with E-state index < -0.39 is 0 Å². The minimum absolute atomic E-state index is 0.118. The molecule has 1 saturated heterocycles. The molecule has 1 aromatic rings. The van der Waals surface area contributed by atoms with E-state index in [1.165, 1.54) is 0 Å². The number of amides is 2. The zero-order valence-corrected chi connectivity index (χ0v) is 11.2. The summed E-state index contributed by atoms with van der Waals surface area (Å²) in [7, 11) is 3.16. The fourth-order valence-electron chi connectivity index (χ4n) is 1.97. The molecular formula is C13H19N3O3. The average molecular weight is 265 g/mol. The van der Waals surface area contributed by atoms with Crippen LogP contribution in [-0.4, -0.2) is 51.3 Å². The average Bonchev–Trinajstić information content (AvgIpc) is 2.48. The fraction of sp³-hybridized carbons (Fsp3) is 0.462. The van der Waals surface area contributed by atoms with Gasteiger partial charge in [0, 0.05) is 32.2 Å². The van der Waals surface area contributed by atoms with Crippen LogP contribution < -0.4 is 20.1 Å². The molecule has 0 radical (unpaired) electrons. The molecule has 0 bridgehead atoms. The third-order valence-electron chi connectivity index (χ3n) is 3.05. The summed E-state index contributed by atoms with van der Waals surface area (Å²) >= 11 is 0. The van der Waals surface area contributed by atoms with Crippen molar-refractivity contribution in [1.82, 2.24) is 10.2 Å². The number of ether oxygens (including phenoxy) is 2. The van der Waals surface area contributed by atoms with Crippen molar-refractivity contribution in [2.75, 3.05) is 45.7 Å². The number of urea groups is 1. The van der Waals surface area contributed by atoms with Gasteiger partial charge in [0.1, 0.15) is 11.5 Å². The van der Waals surface area contributed by atoms with Gasteiger partial charge in [-0.25, -0.2) is 4.79 Å². The summed E-state index contributed by atoms with van der Waals surface area (Å²) in [5, 5.41) is 6.07. The van der Waals surface area contributed by atoms with Crippen LogP contribution in [0.5, 0.6) is 11.5 Å². The van der Waals surface area contributed by atoms with E-state index in [0.717, 1.165) is 13.1 Å². The summed E-state index contributed by atoms with van der Waals surface area (Å²) in [4.78, 5) is 13.9. The molecule has 2 amide bonds. The van der Waals surface area contributed by atoms with Crippen LogP contribution in [0.1, 0.15) is 0 Å². The van der Waals surface area contributed by atoms with Gasteiger partial charge in [-0.2, -0.15) is 0 Å². The van der Waals surface area contributed by atoms with Gasteiger partial charge < -0.3 is 25.0 Å². The molecule has 0 aliphatic carbocycles. The smallest absolute Gasteiger partial charge is 0.322 e. The van der Waals surface area contributed by atoms with E-state index in [0.29, 0.717) is 30.3 Å². The molecule has 0 spiro atoms. The highest BCUT2D eigenvalue weighted by Gasteiger charge is 2.17. The van der Waals surface area contributed by atoms with Crippen LogP contribution in [0.2, 0.25) is 0 Å². The van der Waals surface area contributed by atoms with Crippen molar-refractivity contribution in [3.63, 3.8) is 0 Å². The maximum absolute atomic E-state index is 12.1. The lowest BCUT2D eigenvalue weighted by molar-refractivity contribution is 0.203. The summed E-state index contributed by atoms with van der Waals surface area (Å²) < 4.78 is 10.4. The zero-order chi connectivity index (χ0) is 13.7. The lowest BCUT2D eigenvalue weighted by Crippen LogP contribution is -2.48. The molecule has 0 atom stereocenters. The summed E-state index contributed by atoms with van der Waals surface area (Å²) in [5.41, 5.74) is 0.616. The quantitative estimate of drug-likeness (QED) is 0.860. The molecule has 1 aliphatic heterocycles. The van der Waals surface area contributed by atoms with E-state index in [1.807, 2.05) is 0 Å². The molecule has 104 valence electrons. The van der Waals surface area contributed by atoms with Crippen LogP contribution >= 0.6 is 0 Å². The largest absolute Gasteiger partial charge is 0.497 e. The summed E-state index contributed by atoms with van der Waals surface area (Å²) in [5.74, 6) is 1.29. The van der Waals surface area contributed by atoms with Crippen molar-refractivity contribution >= 4 is 11.7 Å². The lowest BCUT2D eigenvalue weighted by atomic mass is 10.2. The van der Waals surface area contributed by atoms with Crippen molar-refractivity contribution in [3.05, 3.63) is 18.2 Å². The Morgan fingerprint density at radius 2 is 2.00 bits per heavy atom. The Morgan fingerprint density at radius 1 is 1.26 bits per heavy atom. The number of carbonyl (C=O) groups is 1. The second-order valence-corrected chi connectivity index (χ2v) is 4.23. The number of methoxy groups -OCH3 is 2. The Bertz CT molecular complexity index is 445. The molecule has 1 aromatic carbocycles. The first-order chi connectivity index (χ1) is 9.24. The molecule has 6 heteroatoms. The van der Waals surface area contributed by atoms with E-state index in [4.69, 9.17) is 9.47 Å². The predicted octanol–water partition coefficient (Wildman–Crippen LogP) is 1.14. The van der Waals surface area contributed by atoms with Gasteiger partial charge in [0.05, 0.1) is 19.9 Å². The first-order valence-corrected chi connectivity index (χ1v) is 6.23. The highest BCUT2D eigenvalue weighted by Crippen LogP contribution is 2.29. The Kier molecular flexibility index (Phi) is 4.46. The van der Waals surface area contributed by atoms with E-state index >= 15 is 0 Å². The molecular weight excluding hydrogens is 246 g/mol. The second kappa shape index (κ2) is 6.29. The number of hydrogen-bond acceptors (Lipinski definition) is 4. The lowest BCUT2D eigenvalue weighted by Gasteiger charge is -2.27. The molecule has 0 unspecified atom stereocenters. The van der Waals surface area contributed by atoms with Crippen LogP contribution in [0.25, 0.3) is 0 Å². The molecule has 6 nitrogen and oxygen atoms in total. The van der Waals surface area contributed by atoms with Crippen LogP contribution in [0, 0.1) is 0 Å². The Labute approximate surface area is 112 Å². The molecule has 1 heterocycles. The number of anilines is 1. The van der Waals surface area contributed by atoms with Gasteiger partial charge in [0.25, 0.3) is 0 Å².